The quantitative estimate of drug-likeness (QED) is 0.0239. The molecular formula is C85H101Br2N15O12SiSn. The van der Waals surface area contributed by atoms with E-state index >= 15 is 0 Å². The molecule has 0 radical (unpaired) electrons. The summed E-state index contributed by atoms with van der Waals surface area (Å²) >= 11 is 4.75. The SMILES string of the molecule is CC(C)(C)[Si](C)(C)OCC1CC(Br)=NO1.Cc1ccc(C2=NO[C@@H](CN=[N+]=[N-])C2)cc1.Cc1ccc(C2=NO[C@@H](CO)C2)cc1.OC[C@H]1CC(c2ccc(-c3ccccn3)cc2)=NO1.OC[C@H]1CC(c2ccc(Br)cc2)=NO1.[CH3][Sn]([CH3])([CH3])[c]1ccc(C2=NO[C@@H](CO)C2)cc1.[N-]=[N+]=NC[C@H]1CC(c2ccc(-c3ccccn3)cc2)=NO1. The number of pyridine rings is 2. The Morgan fingerprint density at radius 1 is 0.414 bits per heavy atom. The summed E-state index contributed by atoms with van der Waals surface area (Å²) in [7, 11) is -1.64. The minimum atomic E-state index is -1.94. The number of nitrogens with zero attached hydrogens (tertiary/aromatic N) is 15. The van der Waals surface area contributed by atoms with E-state index < -0.39 is 26.7 Å². The van der Waals surface area contributed by atoms with Gasteiger partial charge in [-0.2, -0.15) is 0 Å². The molecule has 0 saturated carbocycles. The fourth-order valence-electron chi connectivity index (χ4n) is 11.5. The van der Waals surface area contributed by atoms with Gasteiger partial charge in [-0.25, -0.2) is 0 Å². The van der Waals surface area contributed by atoms with Gasteiger partial charge in [0.1, 0.15) is 16.8 Å². The molecule has 9 heterocycles. The molecular weight excluding hydrogens is 1730 g/mol. The second-order valence-electron chi connectivity index (χ2n) is 30.5. The third-order valence-corrected chi connectivity index (χ3v) is 30.8. The molecule has 7 aliphatic heterocycles. The molecule has 0 amide bonds. The molecule has 1 unspecified atom stereocenters. The molecule has 0 aliphatic carbocycles. The van der Waals surface area contributed by atoms with Crippen LogP contribution in [0.3, 0.4) is 0 Å². The van der Waals surface area contributed by atoms with Crippen LogP contribution in [0.2, 0.25) is 33.0 Å². The van der Waals surface area contributed by atoms with Crippen molar-refractivity contribution >= 4 is 101 Å². The zero-order valence-corrected chi connectivity index (χ0v) is 74.0. The van der Waals surface area contributed by atoms with Crippen LogP contribution in [0.5, 0.6) is 0 Å². The van der Waals surface area contributed by atoms with Crippen molar-refractivity contribution in [2.45, 2.75) is 155 Å². The molecule has 2 aromatic heterocycles. The van der Waals surface area contributed by atoms with Gasteiger partial charge in [-0.3, -0.25) is 9.97 Å². The topological polar surface area (TPSA) is 365 Å². The van der Waals surface area contributed by atoms with Crippen molar-refractivity contribution in [3.8, 4) is 22.5 Å². The van der Waals surface area contributed by atoms with Crippen LogP contribution < -0.4 is 3.58 Å². The maximum absolute atomic E-state index is 9.02. The Morgan fingerprint density at radius 2 is 0.707 bits per heavy atom. The van der Waals surface area contributed by atoms with Crippen molar-refractivity contribution in [2.24, 2.45) is 46.3 Å². The van der Waals surface area contributed by atoms with Crippen LogP contribution >= 0.6 is 31.9 Å². The second-order valence-corrected chi connectivity index (χ2v) is 51.6. The molecule has 8 aromatic rings. The molecule has 610 valence electrons. The Hall–Kier alpha value is -9.69. The van der Waals surface area contributed by atoms with E-state index in [1.807, 2.05) is 172 Å². The van der Waals surface area contributed by atoms with Crippen LogP contribution in [-0.2, 0) is 38.3 Å². The van der Waals surface area contributed by atoms with E-state index in [1.165, 1.54) is 14.7 Å². The van der Waals surface area contributed by atoms with E-state index in [-0.39, 0.29) is 74.2 Å². The summed E-state index contributed by atoms with van der Waals surface area (Å²) in [4.78, 5) is 57.2. The Balaban J connectivity index is 0.000000155. The minimum Gasteiger partial charge on any atom is -0.392 e. The average molecular weight is 1830 g/mol. The van der Waals surface area contributed by atoms with Crippen LogP contribution in [0, 0.1) is 13.8 Å². The standard InChI is InChI=1S/C15H13N5O.C15H14N2O2.C11H12N4O.C11H13NO2.C10H20BrNO2Si.C10H10BrNO2.C10H10NO2.3CH3.Sn/c16-20-18-10-13-9-15(19-21-13)12-6-4-11(5-7-12)14-3-1-2-8-17-14;18-10-13-9-15(17-19-13)12-6-4-11(5-7-12)14-3-1-2-8-16-14;1-8-2-4-9(5-3-8)11-6-10(16-14-11)7-13-15-12;1-8-2-4-9(5-3-8)11-6-10(7-13)14-12-11;1-10(2,3)15(4,5)13-7-8-6-9(11)12-14-8;11-8-3-1-7(2-4-8)10-5-9(6-13)14-12-10;12-7-9-6-10(11-13-9)8-4-2-1-3-5-8;;;;/h1-8,13H,9-10H2;1-8,13,18H,9-10H2;2-5,10H,6-7H2,1H3;2-5,10,13H,6-7H2,1H3;8H,6-7H2,1-5H3;1-4,9,13H,5-6H2;2-5,9,12H,6-7H2;3*1H3;/t2*13-;2*10-;;2*9-;;;;/m1111.11..../s1. The van der Waals surface area contributed by atoms with Gasteiger partial charge in [0.25, 0.3) is 0 Å². The summed E-state index contributed by atoms with van der Waals surface area (Å²) in [6.07, 6.45) is 7.58. The van der Waals surface area contributed by atoms with Gasteiger partial charge in [-0.1, -0.05) is 210 Å². The molecule has 0 saturated heterocycles. The van der Waals surface area contributed by atoms with Gasteiger partial charge in [-0.05, 0) is 123 Å². The summed E-state index contributed by atoms with van der Waals surface area (Å²) in [5.41, 5.74) is 34.7. The van der Waals surface area contributed by atoms with Crippen LogP contribution in [0.25, 0.3) is 43.4 Å². The maximum Gasteiger partial charge on any atom is 0.138 e. The van der Waals surface area contributed by atoms with Gasteiger partial charge in [0, 0.05) is 76.3 Å². The third-order valence-electron chi connectivity index (χ3n) is 19.4. The van der Waals surface area contributed by atoms with Crippen LogP contribution in [0.4, 0.5) is 0 Å². The number of aromatic nitrogens is 2. The van der Waals surface area contributed by atoms with E-state index in [0.29, 0.717) is 58.2 Å². The van der Waals surface area contributed by atoms with Crippen molar-refractivity contribution in [1.82, 2.24) is 9.97 Å². The number of hydrogen-bond donors (Lipinski definition) is 4. The number of aliphatic hydroxyl groups is 4. The number of halogens is 2. The normalized spacial score (nSPS) is 19.3. The molecule has 0 fully saturated rings. The zero-order valence-electron chi connectivity index (χ0n) is 66.9. The van der Waals surface area contributed by atoms with Gasteiger partial charge < -0.3 is 48.8 Å². The van der Waals surface area contributed by atoms with Crippen molar-refractivity contribution in [1.29, 1.82) is 0 Å². The zero-order chi connectivity index (χ0) is 83.0. The Kier molecular flexibility index (Phi) is 35.1. The minimum absolute atomic E-state index is 0.000973. The number of oxime groups is 7. The van der Waals surface area contributed by atoms with Crippen molar-refractivity contribution < 1.29 is 58.7 Å². The van der Waals surface area contributed by atoms with Gasteiger partial charge >= 0.3 is 107 Å². The number of benzene rings is 6. The number of aryl methyl sites for hydroxylation is 2. The predicted octanol–water partition coefficient (Wildman–Crippen LogP) is 17.2. The first-order valence-electron chi connectivity index (χ1n) is 38.2. The molecule has 0 bridgehead atoms. The van der Waals surface area contributed by atoms with Crippen LogP contribution in [0.1, 0.15) is 110 Å². The van der Waals surface area contributed by atoms with Crippen LogP contribution in [0.15, 0.2) is 245 Å². The van der Waals surface area contributed by atoms with E-state index in [0.717, 1.165) is 106 Å². The molecule has 31 heteroatoms. The Labute approximate surface area is 699 Å². The molecule has 4 N–H and O–H groups in total. The summed E-state index contributed by atoms with van der Waals surface area (Å²) < 4.78 is 9.48. The van der Waals surface area contributed by atoms with E-state index in [4.69, 9.17) is 69.8 Å². The summed E-state index contributed by atoms with van der Waals surface area (Å²) in [6, 6.07) is 60.6. The van der Waals surface area contributed by atoms with Crippen molar-refractivity contribution in [2.75, 3.05) is 46.1 Å². The predicted molar refractivity (Wildman–Crippen MR) is 467 cm³/mol. The molecule has 15 rings (SSSR count). The van der Waals surface area contributed by atoms with E-state index in [1.54, 1.807) is 12.4 Å². The summed E-state index contributed by atoms with van der Waals surface area (Å²) in [5.74, 6) is 0. The van der Waals surface area contributed by atoms with E-state index in [9.17, 15) is 0 Å². The maximum atomic E-state index is 9.02. The summed E-state index contributed by atoms with van der Waals surface area (Å²) in [5, 5.41) is 70.8. The number of hydrogen-bond acceptors (Lipinski definition) is 23. The number of azide groups is 2. The van der Waals surface area contributed by atoms with Crippen molar-refractivity contribution in [3.05, 3.63) is 264 Å². The Bertz CT molecular complexity index is 4690. The van der Waals surface area contributed by atoms with Crippen LogP contribution in [-0.4, -0.2) is 185 Å². The number of rotatable bonds is 20. The molecule has 116 heavy (non-hydrogen) atoms. The third kappa shape index (κ3) is 28.3. The average Bonchev–Trinajstić information content (AvgIpc) is 1.77. The molecule has 27 nitrogen and oxygen atoms in total. The number of aliphatic hydroxyl groups excluding tert-OH is 4. The monoisotopic (exact) mass is 1830 g/mol. The fourth-order valence-corrected chi connectivity index (χ4v) is 16.5. The Morgan fingerprint density at radius 3 is 0.983 bits per heavy atom. The smallest absolute Gasteiger partial charge is 0.138 e. The van der Waals surface area contributed by atoms with Gasteiger partial charge in [-0.15, -0.1) is 0 Å². The van der Waals surface area contributed by atoms with Crippen molar-refractivity contribution in [3.63, 3.8) is 0 Å². The first-order valence-corrected chi connectivity index (χ1v) is 52.7. The first kappa shape index (κ1) is 90.2. The van der Waals surface area contributed by atoms with Gasteiger partial charge in [0.15, 0.2) is 32.7 Å². The fraction of sp³-hybridized carbons (Fsp3) is 0.376. The second kappa shape index (κ2) is 45.1. The first-order chi connectivity index (χ1) is 55.8. The molecule has 6 aromatic carbocycles. The summed E-state index contributed by atoms with van der Waals surface area (Å²) in [6.45, 7) is 16.7. The largest absolute Gasteiger partial charge is 0.392 e. The molecule has 7 atom stereocenters. The molecule has 0 spiro atoms. The van der Waals surface area contributed by atoms with Gasteiger partial charge in [0.2, 0.25) is 0 Å². The molecule has 7 aliphatic rings. The van der Waals surface area contributed by atoms with E-state index in [2.05, 4.69) is 171 Å². The van der Waals surface area contributed by atoms with Gasteiger partial charge in [0.05, 0.1) is 79.5 Å².